The van der Waals surface area contributed by atoms with Crippen LogP contribution in [0.15, 0.2) is 0 Å². The van der Waals surface area contributed by atoms with Crippen molar-refractivity contribution in [2.24, 2.45) is 0 Å². The first-order chi connectivity index (χ1) is 3.46. The van der Waals surface area contributed by atoms with Crippen molar-refractivity contribution in [1.82, 2.24) is 0 Å². The number of carboxylic acid groups (broad SMARTS) is 2. The van der Waals surface area contributed by atoms with Gasteiger partial charge in [0.25, 0.3) is 11.9 Å². The topological polar surface area (TPSA) is 74.6 Å². The summed E-state index contributed by atoms with van der Waals surface area (Å²) in [5, 5.41) is 14.8. The third kappa shape index (κ3) is 638. The molecule has 2 N–H and O–H groups in total. The molecule has 52 valence electrons. The molecule has 6 heteroatoms. The molecule has 0 spiro atoms. The minimum atomic E-state index is -0.833. The molecule has 0 atom stereocenters. The third-order valence-corrected chi connectivity index (χ3v) is 0. The van der Waals surface area contributed by atoms with Gasteiger partial charge in [0.2, 0.25) is 0 Å². The Hall–Kier alpha value is 0.940. The zero-order valence-electron chi connectivity index (χ0n) is 4.71. The number of hydrogen-bond acceptors (Lipinski definition) is 2. The van der Waals surface area contributed by atoms with E-state index < -0.39 is 11.9 Å². The van der Waals surface area contributed by atoms with E-state index in [1.807, 2.05) is 0 Å². The van der Waals surface area contributed by atoms with Crippen LogP contribution in [0.4, 0.5) is 0 Å². The van der Waals surface area contributed by atoms with Crippen molar-refractivity contribution in [1.29, 1.82) is 0 Å². The summed E-state index contributed by atoms with van der Waals surface area (Å²) in [5.74, 6) is -1.67. The maximum atomic E-state index is 9.00. The van der Waals surface area contributed by atoms with Gasteiger partial charge in [0.15, 0.2) is 0 Å². The van der Waals surface area contributed by atoms with Gasteiger partial charge in [0.05, 0.1) is 0 Å². The van der Waals surface area contributed by atoms with Gasteiger partial charge in [-0.05, 0) is 0 Å². The summed E-state index contributed by atoms with van der Waals surface area (Å²) >= 11 is 0. The molecule has 0 aliphatic carbocycles. The van der Waals surface area contributed by atoms with Gasteiger partial charge < -0.3 is 10.2 Å². The van der Waals surface area contributed by atoms with E-state index in [1.165, 1.54) is 0 Å². The molecule has 0 amide bonds. The van der Waals surface area contributed by atoms with Gasteiger partial charge in [-0.3, -0.25) is 9.59 Å². The van der Waals surface area contributed by atoms with Gasteiger partial charge in [-0.1, -0.05) is 0 Å². The van der Waals surface area contributed by atoms with Gasteiger partial charge in [0.1, 0.15) is 0 Å². The van der Waals surface area contributed by atoms with Gasteiger partial charge in [-0.15, -0.1) is 0 Å². The molecule has 10 heavy (non-hydrogen) atoms. The molecule has 0 aliphatic heterocycles. The van der Waals surface area contributed by atoms with Crippen molar-refractivity contribution >= 4 is 71.1 Å². The molecular weight excluding hydrogens is 158 g/mol. The fourth-order valence-corrected chi connectivity index (χ4v) is 0. The molecule has 0 radical (unpaired) electrons. The van der Waals surface area contributed by atoms with Crippen molar-refractivity contribution in [2.45, 2.75) is 13.8 Å². The Labute approximate surface area is 104 Å². The normalized spacial score (nSPS) is 5.00. The van der Waals surface area contributed by atoms with Crippen LogP contribution in [-0.2, 0) is 9.59 Å². The van der Waals surface area contributed by atoms with Crippen LogP contribution in [0.1, 0.15) is 13.8 Å². The van der Waals surface area contributed by atoms with E-state index in [4.69, 9.17) is 19.8 Å². The summed E-state index contributed by atoms with van der Waals surface area (Å²) in [5.41, 5.74) is 0. The predicted molar refractivity (Wildman–Crippen MR) is 40.9 cm³/mol. The summed E-state index contributed by atoms with van der Waals surface area (Å²) in [4.78, 5) is 18.0. The molecule has 0 saturated heterocycles. The molecule has 0 aromatic heterocycles. The Morgan fingerprint density at radius 2 is 0.900 bits per heavy atom. The quantitative estimate of drug-likeness (QED) is 0.449. The van der Waals surface area contributed by atoms with Crippen molar-refractivity contribution < 1.29 is 19.8 Å². The Bertz CT molecular complexity index is 73.3. The van der Waals surface area contributed by atoms with E-state index in [0.717, 1.165) is 13.8 Å². The number of aliphatic carboxylic acids is 2. The molecule has 0 rings (SSSR count). The Morgan fingerprint density at radius 3 is 0.900 bits per heavy atom. The van der Waals surface area contributed by atoms with Crippen LogP contribution in [0.5, 0.6) is 0 Å². The van der Waals surface area contributed by atoms with Crippen LogP contribution in [0, 0.1) is 0 Å². The van der Waals surface area contributed by atoms with Crippen molar-refractivity contribution in [3.63, 3.8) is 0 Å². The van der Waals surface area contributed by atoms with Crippen LogP contribution in [0.2, 0.25) is 0 Å². The predicted octanol–water partition coefficient (Wildman–Crippen LogP) is -1.12. The van der Waals surface area contributed by atoms with Crippen LogP contribution in [0.3, 0.4) is 0 Å². The first-order valence-electron chi connectivity index (χ1n) is 1.86. The second-order valence-electron chi connectivity index (χ2n) is 1.04. The van der Waals surface area contributed by atoms with Gasteiger partial charge in [0, 0.05) is 13.8 Å². The summed E-state index contributed by atoms with van der Waals surface area (Å²) < 4.78 is 0. The molecule has 0 aromatic rings. The molecule has 0 aromatic carbocycles. The van der Waals surface area contributed by atoms with E-state index in [-0.39, 0.29) is 59.1 Å². The Kier molecular flexibility index (Phi) is 37.0. The molecular formula is C4H10Na2O4. The monoisotopic (exact) mass is 168 g/mol. The molecule has 0 saturated carbocycles. The Morgan fingerprint density at radius 1 is 0.900 bits per heavy atom. The first kappa shape index (κ1) is 22.4. The van der Waals surface area contributed by atoms with E-state index in [2.05, 4.69) is 0 Å². The first-order valence-corrected chi connectivity index (χ1v) is 1.86. The number of hydrogen-bond donors (Lipinski definition) is 2. The zero-order chi connectivity index (χ0) is 7.15. The molecule has 0 fully saturated rings. The fourth-order valence-electron chi connectivity index (χ4n) is 0. The number of carbonyl (C=O) groups is 2. The second kappa shape index (κ2) is 16.5. The minimum absolute atomic E-state index is 0. The molecule has 0 aliphatic rings. The average molecular weight is 168 g/mol. The Balaban J connectivity index is -0.0000000300. The van der Waals surface area contributed by atoms with Crippen molar-refractivity contribution in [3.8, 4) is 0 Å². The summed E-state index contributed by atoms with van der Waals surface area (Å²) in [6, 6.07) is 0. The maximum absolute atomic E-state index is 9.00. The van der Waals surface area contributed by atoms with Crippen molar-refractivity contribution in [3.05, 3.63) is 0 Å². The molecule has 0 heterocycles. The van der Waals surface area contributed by atoms with Gasteiger partial charge >= 0.3 is 59.1 Å². The zero-order valence-corrected chi connectivity index (χ0v) is 4.71. The van der Waals surface area contributed by atoms with Gasteiger partial charge in [-0.2, -0.15) is 0 Å². The van der Waals surface area contributed by atoms with E-state index in [9.17, 15) is 0 Å². The second-order valence-corrected chi connectivity index (χ2v) is 1.04. The van der Waals surface area contributed by atoms with Crippen LogP contribution in [-0.4, -0.2) is 81.3 Å². The summed E-state index contributed by atoms with van der Waals surface area (Å²) in [7, 11) is 0. The molecule has 0 unspecified atom stereocenters. The van der Waals surface area contributed by atoms with Crippen LogP contribution < -0.4 is 0 Å². The van der Waals surface area contributed by atoms with Crippen molar-refractivity contribution in [2.75, 3.05) is 0 Å². The molecule has 0 bridgehead atoms. The van der Waals surface area contributed by atoms with Crippen LogP contribution in [0.25, 0.3) is 0 Å². The average Bonchev–Trinajstić information content (AvgIpc) is 1.25. The summed E-state index contributed by atoms with van der Waals surface area (Å²) in [6.07, 6.45) is 0. The third-order valence-electron chi connectivity index (χ3n) is 0. The van der Waals surface area contributed by atoms with E-state index in [0.29, 0.717) is 0 Å². The SMILES string of the molecule is CC(=O)O.CC(=O)O.[NaH].[NaH]. The fraction of sp³-hybridized carbons (Fsp3) is 0.500. The number of carboxylic acids is 2. The van der Waals surface area contributed by atoms with E-state index in [1.54, 1.807) is 0 Å². The number of rotatable bonds is 0. The van der Waals surface area contributed by atoms with Crippen LogP contribution >= 0.6 is 0 Å². The van der Waals surface area contributed by atoms with Gasteiger partial charge in [-0.25, -0.2) is 0 Å². The standard InChI is InChI=1S/2C2H4O2.2Na.2H/c2*1-2(3)4;;;;/h2*1H3,(H,3,4);;;;. The summed E-state index contributed by atoms with van der Waals surface area (Å²) in [6.45, 7) is 2.17. The van der Waals surface area contributed by atoms with E-state index >= 15 is 0 Å². The molecule has 4 nitrogen and oxygen atoms in total.